The second-order valence-electron chi connectivity index (χ2n) is 8.90. The highest BCUT2D eigenvalue weighted by Crippen LogP contribution is 2.24. The summed E-state index contributed by atoms with van der Waals surface area (Å²) in [7, 11) is 3.09. The SMILES string of the molecule is CC(C)CCn1c(OC2CCN(C(=O)C(C)C)CC2)nc2c1c(=O)n(C)c(=O)n2C. The molecule has 0 aliphatic carbocycles. The zero-order chi connectivity index (χ0) is 22.2. The van der Waals surface area contributed by atoms with E-state index in [4.69, 9.17) is 4.74 Å². The lowest BCUT2D eigenvalue weighted by atomic mass is 10.1. The molecule has 1 saturated heterocycles. The summed E-state index contributed by atoms with van der Waals surface area (Å²) in [5, 5.41) is 0. The van der Waals surface area contributed by atoms with Crippen LogP contribution in [0.15, 0.2) is 9.59 Å². The fraction of sp³-hybridized carbons (Fsp3) is 0.714. The van der Waals surface area contributed by atoms with Gasteiger partial charge in [-0.1, -0.05) is 27.7 Å². The maximum absolute atomic E-state index is 12.8. The Balaban J connectivity index is 1.92. The standard InChI is InChI=1S/C21H33N5O4/c1-13(2)7-12-26-16-17(23(5)21(29)24(6)19(16)28)22-20(26)30-15-8-10-25(11-9-15)18(27)14(3)4/h13-15H,7-12H2,1-6H3. The molecule has 0 unspecified atom stereocenters. The Bertz CT molecular complexity index is 1040. The lowest BCUT2D eigenvalue weighted by Gasteiger charge is -2.33. The number of carbonyl (C=O) groups excluding carboxylic acids is 1. The van der Waals surface area contributed by atoms with Gasteiger partial charge < -0.3 is 9.64 Å². The minimum atomic E-state index is -0.409. The first-order valence-corrected chi connectivity index (χ1v) is 10.7. The molecule has 30 heavy (non-hydrogen) atoms. The van der Waals surface area contributed by atoms with Gasteiger partial charge in [-0.25, -0.2) is 4.79 Å². The number of imidazole rings is 1. The fourth-order valence-corrected chi connectivity index (χ4v) is 3.82. The number of fused-ring (bicyclic) bond motifs is 1. The van der Waals surface area contributed by atoms with Gasteiger partial charge in [0, 0.05) is 52.5 Å². The number of amides is 1. The van der Waals surface area contributed by atoms with Crippen molar-refractivity contribution in [2.45, 2.75) is 59.6 Å². The van der Waals surface area contributed by atoms with Gasteiger partial charge in [0.2, 0.25) is 5.91 Å². The summed E-state index contributed by atoms with van der Waals surface area (Å²) in [4.78, 5) is 43.8. The Kier molecular flexibility index (Phi) is 6.38. The summed E-state index contributed by atoms with van der Waals surface area (Å²) >= 11 is 0. The molecule has 166 valence electrons. The van der Waals surface area contributed by atoms with Crippen molar-refractivity contribution in [3.8, 4) is 6.01 Å². The predicted octanol–water partition coefficient (Wildman–Crippen LogP) is 1.51. The van der Waals surface area contributed by atoms with Gasteiger partial charge in [-0.3, -0.25) is 23.3 Å². The first-order valence-electron chi connectivity index (χ1n) is 10.7. The topological polar surface area (TPSA) is 91.4 Å². The Hall–Kier alpha value is -2.58. The molecule has 2 aromatic rings. The third kappa shape index (κ3) is 4.15. The number of hydrogen-bond donors (Lipinski definition) is 0. The van der Waals surface area contributed by atoms with E-state index in [0.29, 0.717) is 55.6 Å². The van der Waals surface area contributed by atoms with Crippen LogP contribution in [0, 0.1) is 11.8 Å². The smallest absolute Gasteiger partial charge is 0.332 e. The Labute approximate surface area is 176 Å². The van der Waals surface area contributed by atoms with Crippen LogP contribution in [0.5, 0.6) is 6.01 Å². The molecule has 0 radical (unpaired) electrons. The van der Waals surface area contributed by atoms with Crippen LogP contribution in [0.2, 0.25) is 0 Å². The van der Waals surface area contributed by atoms with Gasteiger partial charge in [-0.15, -0.1) is 0 Å². The Morgan fingerprint density at radius 3 is 2.30 bits per heavy atom. The van der Waals surface area contributed by atoms with E-state index in [0.717, 1.165) is 11.0 Å². The second kappa shape index (κ2) is 8.65. The van der Waals surface area contributed by atoms with Crippen LogP contribution in [0.1, 0.15) is 47.0 Å². The highest BCUT2D eigenvalue weighted by Gasteiger charge is 2.28. The van der Waals surface area contributed by atoms with Gasteiger partial charge in [-0.2, -0.15) is 4.98 Å². The number of rotatable bonds is 6. The molecule has 0 N–H and O–H groups in total. The van der Waals surface area contributed by atoms with E-state index >= 15 is 0 Å². The van der Waals surface area contributed by atoms with Crippen molar-refractivity contribution in [1.82, 2.24) is 23.6 Å². The summed E-state index contributed by atoms with van der Waals surface area (Å²) < 4.78 is 10.5. The molecule has 0 bridgehead atoms. The van der Waals surface area contributed by atoms with Crippen LogP contribution in [-0.2, 0) is 25.4 Å². The number of likely N-dealkylation sites (tertiary alicyclic amines) is 1. The second-order valence-corrected chi connectivity index (χ2v) is 8.90. The molecule has 3 rings (SSSR count). The Morgan fingerprint density at radius 1 is 1.10 bits per heavy atom. The van der Waals surface area contributed by atoms with Gasteiger partial charge in [0.25, 0.3) is 11.6 Å². The molecule has 1 amide bonds. The van der Waals surface area contributed by atoms with Gasteiger partial charge >= 0.3 is 5.69 Å². The molecule has 1 fully saturated rings. The lowest BCUT2D eigenvalue weighted by molar-refractivity contribution is -0.136. The van der Waals surface area contributed by atoms with E-state index in [1.165, 1.54) is 11.6 Å². The van der Waals surface area contributed by atoms with E-state index in [9.17, 15) is 14.4 Å². The fourth-order valence-electron chi connectivity index (χ4n) is 3.82. The quantitative estimate of drug-likeness (QED) is 0.708. The van der Waals surface area contributed by atoms with E-state index in [-0.39, 0.29) is 23.5 Å². The summed E-state index contributed by atoms with van der Waals surface area (Å²) in [5.41, 5.74) is -0.0402. The van der Waals surface area contributed by atoms with E-state index in [1.54, 1.807) is 7.05 Å². The third-order valence-corrected chi connectivity index (χ3v) is 5.76. The third-order valence-electron chi connectivity index (χ3n) is 5.76. The van der Waals surface area contributed by atoms with Crippen molar-refractivity contribution < 1.29 is 9.53 Å². The highest BCUT2D eigenvalue weighted by molar-refractivity contribution is 5.78. The monoisotopic (exact) mass is 419 g/mol. The minimum Gasteiger partial charge on any atom is -0.461 e. The molecule has 3 heterocycles. The molecule has 2 aromatic heterocycles. The molecule has 9 heteroatoms. The van der Waals surface area contributed by atoms with Crippen LogP contribution >= 0.6 is 0 Å². The Morgan fingerprint density at radius 2 is 1.73 bits per heavy atom. The largest absolute Gasteiger partial charge is 0.461 e. The zero-order valence-electron chi connectivity index (χ0n) is 18.8. The number of ether oxygens (including phenoxy) is 1. The normalized spacial score (nSPS) is 15.5. The molecular formula is C21H33N5O4. The molecule has 9 nitrogen and oxygen atoms in total. The lowest BCUT2D eigenvalue weighted by Crippen LogP contribution is -2.43. The van der Waals surface area contributed by atoms with Crippen LogP contribution in [0.4, 0.5) is 0 Å². The van der Waals surface area contributed by atoms with Crippen molar-refractivity contribution in [3.05, 3.63) is 20.8 Å². The number of hydrogen-bond acceptors (Lipinski definition) is 5. The molecule has 0 saturated carbocycles. The van der Waals surface area contributed by atoms with Crippen LogP contribution < -0.4 is 16.0 Å². The van der Waals surface area contributed by atoms with E-state index in [1.807, 2.05) is 23.3 Å². The summed E-state index contributed by atoms with van der Waals surface area (Å²) in [6.45, 7) is 9.94. The van der Waals surface area contributed by atoms with Gasteiger partial charge in [0.05, 0.1) is 0 Å². The van der Waals surface area contributed by atoms with E-state index in [2.05, 4.69) is 18.8 Å². The highest BCUT2D eigenvalue weighted by atomic mass is 16.5. The first-order chi connectivity index (χ1) is 14.1. The molecule has 0 atom stereocenters. The van der Waals surface area contributed by atoms with Crippen molar-refractivity contribution in [2.75, 3.05) is 13.1 Å². The average Bonchev–Trinajstić information content (AvgIpc) is 3.07. The maximum atomic E-state index is 12.8. The number of piperidine rings is 1. The number of nitrogens with zero attached hydrogens (tertiary/aromatic N) is 5. The minimum absolute atomic E-state index is 0.0137. The number of aromatic nitrogens is 4. The zero-order valence-corrected chi connectivity index (χ0v) is 18.8. The first kappa shape index (κ1) is 22.1. The predicted molar refractivity (Wildman–Crippen MR) is 115 cm³/mol. The maximum Gasteiger partial charge on any atom is 0.332 e. The van der Waals surface area contributed by atoms with E-state index < -0.39 is 5.69 Å². The molecule has 0 aromatic carbocycles. The van der Waals surface area contributed by atoms with Crippen molar-refractivity contribution in [1.29, 1.82) is 0 Å². The van der Waals surface area contributed by atoms with Crippen LogP contribution in [-0.4, -0.2) is 48.7 Å². The van der Waals surface area contributed by atoms with Crippen LogP contribution in [0.25, 0.3) is 11.2 Å². The van der Waals surface area contributed by atoms with Gasteiger partial charge in [0.15, 0.2) is 11.2 Å². The molecular weight excluding hydrogens is 386 g/mol. The summed E-state index contributed by atoms with van der Waals surface area (Å²) in [5.74, 6) is 0.591. The summed E-state index contributed by atoms with van der Waals surface area (Å²) in [6.07, 6.45) is 2.19. The van der Waals surface area contributed by atoms with Crippen molar-refractivity contribution in [3.63, 3.8) is 0 Å². The molecule has 1 aliphatic rings. The van der Waals surface area contributed by atoms with Gasteiger partial charge in [0.1, 0.15) is 6.10 Å². The van der Waals surface area contributed by atoms with Crippen molar-refractivity contribution in [2.24, 2.45) is 25.9 Å². The van der Waals surface area contributed by atoms with Crippen LogP contribution in [0.3, 0.4) is 0 Å². The number of aryl methyl sites for hydroxylation is 2. The van der Waals surface area contributed by atoms with Crippen molar-refractivity contribution >= 4 is 17.1 Å². The van der Waals surface area contributed by atoms with Gasteiger partial charge in [-0.05, 0) is 12.3 Å². The number of carbonyl (C=O) groups is 1. The average molecular weight is 420 g/mol. The molecule has 1 aliphatic heterocycles. The summed E-state index contributed by atoms with van der Waals surface area (Å²) in [6, 6.07) is 0.373. The molecule has 0 spiro atoms.